The molecule has 5 rings (SSSR count). The predicted octanol–water partition coefficient (Wildman–Crippen LogP) is 4.74. The van der Waals surface area contributed by atoms with Crippen molar-refractivity contribution >= 4 is 22.8 Å². The summed E-state index contributed by atoms with van der Waals surface area (Å²) in [6.07, 6.45) is -1.68. The molecule has 2 aromatic carbocycles. The number of carbonyl (C=O) groups is 1. The summed E-state index contributed by atoms with van der Waals surface area (Å²) in [6.45, 7) is 7.07. The normalized spacial score (nSPS) is 14.2. The highest BCUT2D eigenvalue weighted by Crippen LogP contribution is 2.30. The molecule has 1 aliphatic heterocycles. The van der Waals surface area contributed by atoms with Gasteiger partial charge in [-0.3, -0.25) is 9.69 Å². The number of pyridine rings is 1. The standard InChI is InChI=1S/C29H26F3N5O2/c1-20-2-5-23(28(38)35-27-18-24(8-9-33-27)29(30,31)32)17-22(20)6-3-21-4-7-26-25(16-21)34-19-37(26)11-10-36-12-14-39-15-13-36/h2,4-5,7-9,16-19H,10-15H2,1H3,(H,33,35,38). The van der Waals surface area contributed by atoms with Gasteiger partial charge in [-0.1, -0.05) is 17.9 Å². The van der Waals surface area contributed by atoms with E-state index in [-0.39, 0.29) is 11.4 Å². The molecule has 1 amide bonds. The highest BCUT2D eigenvalue weighted by molar-refractivity contribution is 6.04. The second-order valence-electron chi connectivity index (χ2n) is 9.26. The van der Waals surface area contributed by atoms with Gasteiger partial charge in [-0.05, 0) is 55.0 Å². The van der Waals surface area contributed by atoms with E-state index in [4.69, 9.17) is 4.74 Å². The molecule has 0 saturated carbocycles. The van der Waals surface area contributed by atoms with Gasteiger partial charge in [-0.25, -0.2) is 9.97 Å². The van der Waals surface area contributed by atoms with E-state index in [0.717, 1.165) is 79.9 Å². The molecule has 0 spiro atoms. The van der Waals surface area contributed by atoms with Crippen LogP contribution in [-0.4, -0.2) is 58.2 Å². The van der Waals surface area contributed by atoms with Crippen LogP contribution in [0.25, 0.3) is 11.0 Å². The third kappa shape index (κ3) is 6.45. The Morgan fingerprint density at radius 1 is 1.03 bits per heavy atom. The number of halogens is 3. The molecule has 1 fully saturated rings. The van der Waals surface area contributed by atoms with Crippen LogP contribution in [-0.2, 0) is 17.5 Å². The smallest absolute Gasteiger partial charge is 0.379 e. The summed E-state index contributed by atoms with van der Waals surface area (Å²) < 4.78 is 46.5. The second-order valence-corrected chi connectivity index (χ2v) is 9.26. The molecule has 0 unspecified atom stereocenters. The fraction of sp³-hybridized carbons (Fsp3) is 0.276. The molecule has 0 aliphatic carbocycles. The van der Waals surface area contributed by atoms with Crippen molar-refractivity contribution in [3.63, 3.8) is 0 Å². The lowest BCUT2D eigenvalue weighted by Gasteiger charge is -2.26. The fourth-order valence-corrected chi connectivity index (χ4v) is 4.29. The maximum absolute atomic E-state index is 13.0. The van der Waals surface area contributed by atoms with Crippen LogP contribution >= 0.6 is 0 Å². The summed E-state index contributed by atoms with van der Waals surface area (Å²) in [7, 11) is 0. The Kier molecular flexibility index (Phi) is 7.63. The lowest BCUT2D eigenvalue weighted by atomic mass is 10.0. The molecule has 1 saturated heterocycles. The number of fused-ring (bicyclic) bond motifs is 1. The first-order valence-electron chi connectivity index (χ1n) is 12.5. The molecule has 0 bridgehead atoms. The Hall–Kier alpha value is -4.20. The van der Waals surface area contributed by atoms with Crippen molar-refractivity contribution in [2.75, 3.05) is 38.2 Å². The molecule has 1 aliphatic rings. The van der Waals surface area contributed by atoms with Gasteiger partial charge in [0, 0.05) is 49.1 Å². The van der Waals surface area contributed by atoms with Gasteiger partial charge >= 0.3 is 6.18 Å². The number of nitrogens with one attached hydrogen (secondary N) is 1. The number of hydrogen-bond donors (Lipinski definition) is 1. The van der Waals surface area contributed by atoms with E-state index < -0.39 is 17.6 Å². The van der Waals surface area contributed by atoms with Crippen LogP contribution < -0.4 is 5.32 Å². The van der Waals surface area contributed by atoms with E-state index in [1.807, 2.05) is 31.5 Å². The molecular formula is C29H26F3N5O2. The minimum Gasteiger partial charge on any atom is -0.379 e. The average Bonchev–Trinajstić information content (AvgIpc) is 3.34. The van der Waals surface area contributed by atoms with Crippen molar-refractivity contribution < 1.29 is 22.7 Å². The van der Waals surface area contributed by atoms with Gasteiger partial charge in [-0.15, -0.1) is 0 Å². The van der Waals surface area contributed by atoms with Crippen LogP contribution in [0.15, 0.2) is 61.1 Å². The molecular weight excluding hydrogens is 507 g/mol. The third-order valence-electron chi connectivity index (χ3n) is 6.55. The van der Waals surface area contributed by atoms with E-state index >= 15 is 0 Å². The number of alkyl halides is 3. The zero-order valence-corrected chi connectivity index (χ0v) is 21.3. The molecule has 1 N–H and O–H groups in total. The van der Waals surface area contributed by atoms with Gasteiger partial charge < -0.3 is 14.6 Å². The molecule has 0 radical (unpaired) electrons. The van der Waals surface area contributed by atoms with E-state index in [1.165, 1.54) is 0 Å². The molecule has 200 valence electrons. The van der Waals surface area contributed by atoms with Crippen molar-refractivity contribution in [1.82, 2.24) is 19.4 Å². The molecule has 2 aromatic heterocycles. The molecule has 0 atom stereocenters. The van der Waals surface area contributed by atoms with Crippen LogP contribution in [0, 0.1) is 18.8 Å². The Labute approximate surface area is 223 Å². The van der Waals surface area contributed by atoms with Crippen LogP contribution in [0.2, 0.25) is 0 Å². The van der Waals surface area contributed by atoms with Crippen LogP contribution in [0.1, 0.15) is 32.6 Å². The lowest BCUT2D eigenvalue weighted by Crippen LogP contribution is -2.38. The first-order chi connectivity index (χ1) is 18.8. The van der Waals surface area contributed by atoms with Crippen molar-refractivity contribution in [3.8, 4) is 11.8 Å². The van der Waals surface area contributed by atoms with E-state index in [1.54, 1.807) is 18.2 Å². The first kappa shape index (κ1) is 26.4. The van der Waals surface area contributed by atoms with Gasteiger partial charge in [0.1, 0.15) is 5.82 Å². The summed E-state index contributed by atoms with van der Waals surface area (Å²) in [5, 5.41) is 2.43. The van der Waals surface area contributed by atoms with Crippen LogP contribution in [0.5, 0.6) is 0 Å². The zero-order valence-electron chi connectivity index (χ0n) is 21.3. The number of rotatable bonds is 5. The van der Waals surface area contributed by atoms with Gasteiger partial charge in [0.05, 0.1) is 36.1 Å². The summed E-state index contributed by atoms with van der Waals surface area (Å²) in [6, 6.07) is 12.5. The SMILES string of the molecule is Cc1ccc(C(=O)Nc2cc(C(F)(F)F)ccn2)cc1C#Cc1ccc2c(c1)ncn2CCN1CCOCC1. The maximum Gasteiger partial charge on any atom is 0.416 e. The summed E-state index contributed by atoms with van der Waals surface area (Å²) >= 11 is 0. The third-order valence-corrected chi connectivity index (χ3v) is 6.55. The number of hydrogen-bond acceptors (Lipinski definition) is 5. The summed E-state index contributed by atoms with van der Waals surface area (Å²) in [4.78, 5) is 23.5. The predicted molar refractivity (Wildman–Crippen MR) is 141 cm³/mol. The highest BCUT2D eigenvalue weighted by atomic mass is 19.4. The van der Waals surface area contributed by atoms with Crippen molar-refractivity contribution in [1.29, 1.82) is 0 Å². The zero-order chi connectivity index (χ0) is 27.4. The maximum atomic E-state index is 13.0. The molecule has 4 aromatic rings. The molecule has 39 heavy (non-hydrogen) atoms. The Morgan fingerprint density at radius 3 is 2.64 bits per heavy atom. The first-order valence-corrected chi connectivity index (χ1v) is 12.5. The number of aryl methyl sites for hydroxylation is 1. The number of anilines is 1. The van der Waals surface area contributed by atoms with Crippen LogP contribution in [0.4, 0.5) is 19.0 Å². The highest BCUT2D eigenvalue weighted by Gasteiger charge is 2.30. The number of benzene rings is 2. The van der Waals surface area contributed by atoms with Crippen molar-refractivity contribution in [2.45, 2.75) is 19.6 Å². The van der Waals surface area contributed by atoms with Gasteiger partial charge in [0.25, 0.3) is 5.91 Å². The van der Waals surface area contributed by atoms with Gasteiger partial charge in [-0.2, -0.15) is 13.2 Å². The Bertz CT molecular complexity index is 1560. The van der Waals surface area contributed by atoms with E-state index in [0.29, 0.717) is 5.56 Å². The van der Waals surface area contributed by atoms with Gasteiger partial charge in [0.2, 0.25) is 0 Å². The van der Waals surface area contributed by atoms with E-state index in [9.17, 15) is 18.0 Å². The molecule has 10 heteroatoms. The lowest BCUT2D eigenvalue weighted by molar-refractivity contribution is -0.137. The number of nitrogens with zero attached hydrogens (tertiary/aromatic N) is 4. The van der Waals surface area contributed by atoms with Crippen molar-refractivity contribution in [2.24, 2.45) is 0 Å². The second kappa shape index (κ2) is 11.3. The fourth-order valence-electron chi connectivity index (χ4n) is 4.29. The Balaban J connectivity index is 1.29. The molecule has 3 heterocycles. The largest absolute Gasteiger partial charge is 0.416 e. The number of amides is 1. The van der Waals surface area contributed by atoms with Gasteiger partial charge in [0.15, 0.2) is 0 Å². The minimum absolute atomic E-state index is 0.180. The monoisotopic (exact) mass is 533 g/mol. The number of imidazole rings is 1. The quantitative estimate of drug-likeness (QED) is 0.375. The average molecular weight is 534 g/mol. The van der Waals surface area contributed by atoms with Crippen LogP contribution in [0.3, 0.4) is 0 Å². The number of morpholine rings is 1. The number of ether oxygens (including phenoxy) is 1. The number of carbonyl (C=O) groups excluding carboxylic acids is 1. The summed E-state index contributed by atoms with van der Waals surface area (Å²) in [5.74, 6) is 5.49. The topological polar surface area (TPSA) is 72.3 Å². The number of aromatic nitrogens is 3. The molecule has 7 nitrogen and oxygen atoms in total. The van der Waals surface area contributed by atoms with E-state index in [2.05, 4.69) is 36.6 Å². The minimum atomic E-state index is -4.53. The summed E-state index contributed by atoms with van der Waals surface area (Å²) in [5.41, 5.74) is 3.54. The Morgan fingerprint density at radius 2 is 1.85 bits per heavy atom. The van der Waals surface area contributed by atoms with Crippen molar-refractivity contribution in [3.05, 3.63) is 88.9 Å².